The van der Waals surface area contributed by atoms with Crippen molar-refractivity contribution in [2.45, 2.75) is 50.8 Å². The van der Waals surface area contributed by atoms with E-state index in [1.807, 2.05) is 4.72 Å². The van der Waals surface area contributed by atoms with Gasteiger partial charge in [-0.2, -0.15) is 0 Å². The summed E-state index contributed by atoms with van der Waals surface area (Å²) in [6.45, 7) is 2.22. The predicted octanol–water partition coefficient (Wildman–Crippen LogP) is 3.24. The molecule has 3 rings (SSSR count). The van der Waals surface area contributed by atoms with E-state index in [2.05, 4.69) is 0 Å². The van der Waals surface area contributed by atoms with Crippen molar-refractivity contribution in [2.75, 3.05) is 12.3 Å². The highest BCUT2D eigenvalue weighted by molar-refractivity contribution is 7.89. The average molecular weight is 521 g/mol. The molecule has 6 nitrogen and oxygen atoms in total. The lowest BCUT2D eigenvalue weighted by Crippen LogP contribution is -2.54. The Bertz CT molecular complexity index is 1210. The summed E-state index contributed by atoms with van der Waals surface area (Å²) < 4.78 is 98.9. The molecule has 0 bridgehead atoms. The van der Waals surface area contributed by atoms with Crippen molar-refractivity contribution >= 4 is 15.9 Å². The molecule has 0 unspecified atom stereocenters. The van der Waals surface area contributed by atoms with Crippen molar-refractivity contribution in [1.82, 2.24) is 9.62 Å². The predicted molar refractivity (Wildman–Crippen MR) is 119 cm³/mol. The summed E-state index contributed by atoms with van der Waals surface area (Å²) in [5.74, 6) is -8.20. The van der Waals surface area contributed by atoms with E-state index in [1.165, 1.54) is 25.1 Å². The van der Waals surface area contributed by atoms with Gasteiger partial charge in [-0.3, -0.25) is 4.79 Å². The van der Waals surface area contributed by atoms with Crippen LogP contribution in [0.3, 0.4) is 0 Å². The summed E-state index contributed by atoms with van der Waals surface area (Å²) in [6.07, 6.45) is -0.564. The Morgan fingerprint density at radius 3 is 2.31 bits per heavy atom. The normalized spacial score (nSPS) is 20.3. The van der Waals surface area contributed by atoms with Crippen molar-refractivity contribution in [3.8, 4) is 11.1 Å². The summed E-state index contributed by atoms with van der Waals surface area (Å²) in [5.41, 5.74) is -2.60. The minimum Gasteiger partial charge on any atom is -0.381 e. The van der Waals surface area contributed by atoms with Crippen molar-refractivity contribution in [3.63, 3.8) is 0 Å². The number of alkyl halides is 2. The van der Waals surface area contributed by atoms with Crippen LogP contribution in [0.4, 0.5) is 22.0 Å². The van der Waals surface area contributed by atoms with Gasteiger partial charge >= 0.3 is 0 Å². The Labute approximate surface area is 199 Å². The molecule has 12 heteroatoms. The first-order valence-electron chi connectivity index (χ1n) is 10.7. The van der Waals surface area contributed by atoms with E-state index in [-0.39, 0.29) is 16.7 Å². The molecule has 1 aliphatic heterocycles. The van der Waals surface area contributed by atoms with E-state index in [0.29, 0.717) is 11.0 Å². The van der Waals surface area contributed by atoms with E-state index in [1.54, 1.807) is 0 Å². The molecule has 0 spiro atoms. The van der Waals surface area contributed by atoms with Gasteiger partial charge in [-0.1, -0.05) is 18.2 Å². The molecule has 0 aromatic heterocycles. The molecule has 1 aliphatic rings. The number of amides is 1. The van der Waals surface area contributed by atoms with Crippen LogP contribution >= 0.6 is 0 Å². The summed E-state index contributed by atoms with van der Waals surface area (Å²) >= 11 is 0. The van der Waals surface area contributed by atoms with Gasteiger partial charge in [0.1, 0.15) is 29.1 Å². The van der Waals surface area contributed by atoms with Crippen LogP contribution in [0.5, 0.6) is 0 Å². The first kappa shape index (κ1) is 27.0. The lowest BCUT2D eigenvalue weighted by molar-refractivity contribution is -0.149. The Morgan fingerprint density at radius 2 is 1.77 bits per heavy atom. The number of carbonyl (C=O) groups is 1. The molecule has 1 fully saturated rings. The highest BCUT2D eigenvalue weighted by atomic mass is 32.2. The van der Waals surface area contributed by atoms with Crippen LogP contribution in [0.1, 0.15) is 26.3 Å². The Morgan fingerprint density at radius 1 is 1.17 bits per heavy atom. The number of sulfonamides is 1. The lowest BCUT2D eigenvalue weighted by Gasteiger charge is -2.32. The number of benzene rings is 2. The average Bonchev–Trinajstić information content (AvgIpc) is 2.97. The number of hydrogen-bond donors (Lipinski definition) is 2. The molecule has 35 heavy (non-hydrogen) atoms. The Balaban J connectivity index is 2.08. The number of carbonyl (C=O) groups excluding carboxylic acids is 1. The maximum absolute atomic E-state index is 15.4. The summed E-state index contributed by atoms with van der Waals surface area (Å²) in [5, 5.41) is 10.1. The zero-order chi connectivity index (χ0) is 26.3. The van der Waals surface area contributed by atoms with Gasteiger partial charge in [-0.15, -0.1) is 0 Å². The molecular weight excluding hydrogens is 495 g/mol. The largest absolute Gasteiger partial charge is 0.381 e. The zero-order valence-corrected chi connectivity index (χ0v) is 20.0. The van der Waals surface area contributed by atoms with Crippen LogP contribution < -0.4 is 4.72 Å². The number of nitrogens with zero attached hydrogens (tertiary/aromatic N) is 1. The van der Waals surface area contributed by atoms with E-state index >= 15 is 4.39 Å². The summed E-state index contributed by atoms with van der Waals surface area (Å²) in [6, 6.07) is 2.56. The van der Waals surface area contributed by atoms with Crippen molar-refractivity contribution in [3.05, 3.63) is 59.4 Å². The Kier molecular flexibility index (Phi) is 7.31. The third-order valence-electron chi connectivity index (χ3n) is 5.77. The van der Waals surface area contributed by atoms with Crippen molar-refractivity contribution in [1.29, 1.82) is 0 Å². The fourth-order valence-electron chi connectivity index (χ4n) is 4.04. The van der Waals surface area contributed by atoms with Gasteiger partial charge in [0.05, 0.1) is 18.3 Å². The molecule has 1 heterocycles. The van der Waals surface area contributed by atoms with Gasteiger partial charge in [0, 0.05) is 11.6 Å². The Hall–Kier alpha value is -2.57. The van der Waals surface area contributed by atoms with E-state index in [9.17, 15) is 35.9 Å². The smallest absolute Gasteiger partial charge is 0.283 e. The molecule has 1 amide bonds. The molecule has 192 valence electrons. The minimum atomic E-state index is -4.16. The van der Waals surface area contributed by atoms with Gasteiger partial charge in [-0.05, 0) is 50.5 Å². The number of halogens is 5. The second-order valence-electron chi connectivity index (χ2n) is 8.96. The van der Waals surface area contributed by atoms with Crippen LogP contribution in [0, 0.1) is 17.5 Å². The number of likely N-dealkylation sites (tertiary alicyclic amines) is 1. The highest BCUT2D eigenvalue weighted by Crippen LogP contribution is 2.37. The first-order valence-corrected chi connectivity index (χ1v) is 12.4. The highest BCUT2D eigenvalue weighted by Gasteiger charge is 2.58. The van der Waals surface area contributed by atoms with Gasteiger partial charge in [-0.25, -0.2) is 35.1 Å². The topological polar surface area (TPSA) is 86.7 Å². The molecular formula is C23H25F5N2O4S. The quantitative estimate of drug-likeness (QED) is 0.549. The zero-order valence-electron chi connectivity index (χ0n) is 19.2. The molecule has 2 aromatic carbocycles. The number of rotatable bonds is 7. The fourth-order valence-corrected chi connectivity index (χ4v) is 4.93. The fraction of sp³-hybridized carbons (Fsp3) is 0.435. The van der Waals surface area contributed by atoms with Crippen LogP contribution in [0.2, 0.25) is 0 Å². The van der Waals surface area contributed by atoms with Gasteiger partial charge in [0.2, 0.25) is 10.0 Å². The third kappa shape index (κ3) is 5.81. The van der Waals surface area contributed by atoms with Crippen LogP contribution in [-0.4, -0.2) is 60.2 Å². The van der Waals surface area contributed by atoms with Crippen LogP contribution in [-0.2, 0) is 21.2 Å². The van der Waals surface area contributed by atoms with E-state index in [0.717, 1.165) is 26.0 Å². The molecule has 2 atom stereocenters. The minimum absolute atomic E-state index is 0.133. The standard InChI is InChI=1S/C23H25F5N2O4S/c1-4-35(33,34)29-20-18(30(12-23(20,27)28)21(31)22(2,3)32)10-13-6-5-7-17(19(13)26)14-8-15(24)11-16(25)9-14/h5-9,11,18,20,29,32H,4,10,12H2,1-3H3/t18-,20+/m0/s1. The number of nitrogens with one attached hydrogen (secondary N) is 1. The number of aliphatic hydroxyl groups is 1. The third-order valence-corrected chi connectivity index (χ3v) is 7.15. The van der Waals surface area contributed by atoms with Gasteiger partial charge in [0.15, 0.2) is 0 Å². The first-order chi connectivity index (χ1) is 16.1. The molecule has 0 saturated carbocycles. The molecule has 0 aliphatic carbocycles. The maximum Gasteiger partial charge on any atom is 0.283 e. The monoisotopic (exact) mass is 520 g/mol. The molecule has 2 N–H and O–H groups in total. The second-order valence-corrected chi connectivity index (χ2v) is 11.0. The second kappa shape index (κ2) is 9.47. The van der Waals surface area contributed by atoms with Crippen molar-refractivity contribution in [2.24, 2.45) is 0 Å². The molecule has 2 aromatic rings. The van der Waals surface area contributed by atoms with Crippen LogP contribution in [0.25, 0.3) is 11.1 Å². The van der Waals surface area contributed by atoms with Crippen molar-refractivity contribution < 1.29 is 40.3 Å². The maximum atomic E-state index is 15.4. The lowest BCUT2D eigenvalue weighted by atomic mass is 9.94. The van der Waals surface area contributed by atoms with E-state index in [4.69, 9.17) is 0 Å². The summed E-state index contributed by atoms with van der Waals surface area (Å²) in [7, 11) is -4.16. The SMILES string of the molecule is CCS(=O)(=O)N[C@@H]1[C@H](Cc2cccc(-c3cc(F)cc(F)c3)c2F)N(C(=O)C(C)(C)O)CC1(F)F. The molecule has 0 radical (unpaired) electrons. The van der Waals surface area contributed by atoms with Crippen LogP contribution in [0.15, 0.2) is 36.4 Å². The van der Waals surface area contributed by atoms with Gasteiger partial charge in [0.25, 0.3) is 11.8 Å². The van der Waals surface area contributed by atoms with Gasteiger partial charge < -0.3 is 10.0 Å². The molecule has 1 saturated heterocycles. The van der Waals surface area contributed by atoms with E-state index < -0.39 is 75.7 Å². The summed E-state index contributed by atoms with van der Waals surface area (Å²) in [4.78, 5) is 13.4. The number of hydrogen-bond acceptors (Lipinski definition) is 4.